The molecule has 18 heavy (non-hydrogen) atoms. The van der Waals surface area contributed by atoms with Crippen molar-refractivity contribution in [2.24, 2.45) is 0 Å². The zero-order valence-electron chi connectivity index (χ0n) is 11.7. The zero-order valence-corrected chi connectivity index (χ0v) is 11.7. The van der Waals surface area contributed by atoms with Crippen LogP contribution in [0.2, 0.25) is 0 Å². The highest BCUT2D eigenvalue weighted by molar-refractivity contribution is 5.69. The predicted molar refractivity (Wildman–Crippen MR) is 75.5 cm³/mol. The van der Waals surface area contributed by atoms with Crippen molar-refractivity contribution in [3.8, 4) is 0 Å². The minimum atomic E-state index is 0.0218. The molecular formula is C16H28O2. The van der Waals surface area contributed by atoms with E-state index in [1.165, 1.54) is 38.5 Å². The van der Waals surface area contributed by atoms with Gasteiger partial charge in [0.25, 0.3) is 0 Å². The minimum absolute atomic E-state index is 0.0218. The van der Waals surface area contributed by atoms with Crippen LogP contribution in [0.15, 0.2) is 12.7 Å². The van der Waals surface area contributed by atoms with E-state index in [0.29, 0.717) is 6.42 Å². The maximum Gasteiger partial charge on any atom is 0.306 e. The van der Waals surface area contributed by atoms with Crippen LogP contribution in [-0.4, -0.2) is 12.1 Å². The normalized spacial score (nSPS) is 15.8. The summed E-state index contributed by atoms with van der Waals surface area (Å²) in [4.78, 5) is 11.5. The third-order valence-electron chi connectivity index (χ3n) is 3.64. The lowest BCUT2D eigenvalue weighted by atomic mass is 10.1. The van der Waals surface area contributed by atoms with Crippen LogP contribution in [0.3, 0.4) is 0 Å². The van der Waals surface area contributed by atoms with Gasteiger partial charge in [0.2, 0.25) is 0 Å². The molecule has 0 aliphatic heterocycles. The summed E-state index contributed by atoms with van der Waals surface area (Å²) in [7, 11) is 0. The van der Waals surface area contributed by atoms with Gasteiger partial charge in [-0.25, -0.2) is 0 Å². The molecule has 2 heteroatoms. The number of hydrogen-bond acceptors (Lipinski definition) is 2. The van der Waals surface area contributed by atoms with E-state index in [1.54, 1.807) is 0 Å². The molecular weight excluding hydrogens is 224 g/mol. The summed E-state index contributed by atoms with van der Waals surface area (Å²) in [5, 5.41) is 0. The smallest absolute Gasteiger partial charge is 0.306 e. The van der Waals surface area contributed by atoms with E-state index < -0.39 is 0 Å². The number of hydrogen-bond donors (Lipinski definition) is 0. The van der Waals surface area contributed by atoms with Crippen LogP contribution in [0, 0.1) is 0 Å². The molecule has 0 bridgehead atoms. The Labute approximate surface area is 112 Å². The van der Waals surface area contributed by atoms with Gasteiger partial charge in [0.1, 0.15) is 6.10 Å². The summed E-state index contributed by atoms with van der Waals surface area (Å²) in [5.74, 6) is 0.0218. The Morgan fingerprint density at radius 3 is 2.33 bits per heavy atom. The van der Waals surface area contributed by atoms with Gasteiger partial charge in [-0.1, -0.05) is 31.8 Å². The first-order valence-electron chi connectivity index (χ1n) is 7.63. The molecule has 0 radical (unpaired) electrons. The number of esters is 1. The van der Waals surface area contributed by atoms with Crippen LogP contribution in [0.4, 0.5) is 0 Å². The molecule has 0 unspecified atom stereocenters. The topological polar surface area (TPSA) is 26.3 Å². The van der Waals surface area contributed by atoms with Crippen molar-refractivity contribution in [2.75, 3.05) is 0 Å². The lowest BCUT2D eigenvalue weighted by Gasteiger charge is -2.10. The van der Waals surface area contributed by atoms with Gasteiger partial charge in [-0.15, -0.1) is 6.58 Å². The van der Waals surface area contributed by atoms with Crippen molar-refractivity contribution in [1.82, 2.24) is 0 Å². The van der Waals surface area contributed by atoms with Crippen molar-refractivity contribution in [3.63, 3.8) is 0 Å². The Hall–Kier alpha value is -0.790. The largest absolute Gasteiger partial charge is 0.462 e. The maximum absolute atomic E-state index is 11.5. The van der Waals surface area contributed by atoms with Crippen molar-refractivity contribution >= 4 is 5.97 Å². The molecule has 0 saturated heterocycles. The lowest BCUT2D eigenvalue weighted by molar-refractivity contribution is -0.148. The molecule has 1 aliphatic carbocycles. The molecule has 0 heterocycles. The zero-order chi connectivity index (χ0) is 13.1. The predicted octanol–water partition coefficient (Wildman–Crippen LogP) is 4.78. The van der Waals surface area contributed by atoms with E-state index in [0.717, 1.165) is 32.1 Å². The molecule has 1 saturated carbocycles. The summed E-state index contributed by atoms with van der Waals surface area (Å²) in [6, 6.07) is 0. The van der Waals surface area contributed by atoms with Crippen LogP contribution in [-0.2, 0) is 9.53 Å². The Kier molecular flexibility index (Phi) is 8.62. The fourth-order valence-corrected chi connectivity index (χ4v) is 2.52. The summed E-state index contributed by atoms with van der Waals surface area (Å²) in [6.07, 6.45) is 15.8. The number of carbonyl (C=O) groups is 1. The summed E-state index contributed by atoms with van der Waals surface area (Å²) in [5.41, 5.74) is 0. The number of unbranched alkanes of at least 4 members (excludes halogenated alkanes) is 6. The fourth-order valence-electron chi connectivity index (χ4n) is 2.52. The second-order valence-electron chi connectivity index (χ2n) is 5.34. The first-order valence-corrected chi connectivity index (χ1v) is 7.63. The Morgan fingerprint density at radius 2 is 1.67 bits per heavy atom. The fraction of sp³-hybridized carbons (Fsp3) is 0.812. The van der Waals surface area contributed by atoms with Gasteiger partial charge in [0.05, 0.1) is 0 Å². The molecule has 0 amide bonds. The van der Waals surface area contributed by atoms with Gasteiger partial charge >= 0.3 is 5.97 Å². The van der Waals surface area contributed by atoms with Crippen LogP contribution in [0.25, 0.3) is 0 Å². The van der Waals surface area contributed by atoms with E-state index in [9.17, 15) is 4.79 Å². The van der Waals surface area contributed by atoms with E-state index in [4.69, 9.17) is 4.74 Å². The average molecular weight is 252 g/mol. The Bertz CT molecular complexity index is 229. The van der Waals surface area contributed by atoms with E-state index in [-0.39, 0.29) is 12.1 Å². The summed E-state index contributed by atoms with van der Waals surface area (Å²) in [6.45, 7) is 3.72. The molecule has 1 fully saturated rings. The molecule has 2 nitrogen and oxygen atoms in total. The molecule has 0 aromatic heterocycles. The van der Waals surface area contributed by atoms with Crippen LogP contribution in [0.5, 0.6) is 0 Å². The monoisotopic (exact) mass is 252 g/mol. The molecule has 0 aromatic rings. The van der Waals surface area contributed by atoms with Gasteiger partial charge in [-0.05, 0) is 44.9 Å². The van der Waals surface area contributed by atoms with Crippen molar-refractivity contribution in [2.45, 2.75) is 83.2 Å². The minimum Gasteiger partial charge on any atom is -0.462 e. The molecule has 1 aliphatic rings. The summed E-state index contributed by atoms with van der Waals surface area (Å²) < 4.78 is 5.42. The number of ether oxygens (including phenoxy) is 1. The number of carbonyl (C=O) groups excluding carboxylic acids is 1. The second-order valence-corrected chi connectivity index (χ2v) is 5.34. The molecule has 0 spiro atoms. The molecule has 0 atom stereocenters. The standard InChI is InChI=1S/C16H28O2/c1-2-3-4-5-6-7-8-9-14-16(17)18-15-12-10-11-13-15/h2,15H,1,3-14H2. The van der Waals surface area contributed by atoms with E-state index in [1.807, 2.05) is 6.08 Å². The van der Waals surface area contributed by atoms with Crippen LogP contribution in [0.1, 0.15) is 77.0 Å². The van der Waals surface area contributed by atoms with Gasteiger partial charge < -0.3 is 4.74 Å². The van der Waals surface area contributed by atoms with Crippen LogP contribution >= 0.6 is 0 Å². The third kappa shape index (κ3) is 7.52. The van der Waals surface area contributed by atoms with E-state index >= 15 is 0 Å². The number of allylic oxidation sites excluding steroid dienone is 1. The first kappa shape index (κ1) is 15.3. The Morgan fingerprint density at radius 1 is 1.06 bits per heavy atom. The molecule has 0 N–H and O–H groups in total. The number of rotatable bonds is 10. The van der Waals surface area contributed by atoms with Crippen LogP contribution < -0.4 is 0 Å². The SMILES string of the molecule is C=CCCCCCCCCC(=O)OC1CCCC1. The first-order chi connectivity index (χ1) is 8.83. The highest BCUT2D eigenvalue weighted by Crippen LogP contribution is 2.21. The highest BCUT2D eigenvalue weighted by atomic mass is 16.5. The van der Waals surface area contributed by atoms with Crippen molar-refractivity contribution in [1.29, 1.82) is 0 Å². The quantitative estimate of drug-likeness (QED) is 0.318. The second kappa shape index (κ2) is 10.2. The maximum atomic E-state index is 11.5. The summed E-state index contributed by atoms with van der Waals surface area (Å²) >= 11 is 0. The molecule has 0 aromatic carbocycles. The van der Waals surface area contributed by atoms with Gasteiger partial charge in [0, 0.05) is 6.42 Å². The average Bonchev–Trinajstić information content (AvgIpc) is 2.85. The van der Waals surface area contributed by atoms with Crippen molar-refractivity contribution < 1.29 is 9.53 Å². The van der Waals surface area contributed by atoms with Crippen molar-refractivity contribution in [3.05, 3.63) is 12.7 Å². The van der Waals surface area contributed by atoms with Gasteiger partial charge in [-0.2, -0.15) is 0 Å². The molecule has 104 valence electrons. The van der Waals surface area contributed by atoms with Gasteiger partial charge in [-0.3, -0.25) is 4.79 Å². The van der Waals surface area contributed by atoms with Gasteiger partial charge in [0.15, 0.2) is 0 Å². The third-order valence-corrected chi connectivity index (χ3v) is 3.64. The highest BCUT2D eigenvalue weighted by Gasteiger charge is 2.18. The Balaban J connectivity index is 1.84. The molecule has 1 rings (SSSR count). The van der Waals surface area contributed by atoms with E-state index in [2.05, 4.69) is 6.58 Å². The lowest BCUT2D eigenvalue weighted by Crippen LogP contribution is -2.14.